The molecule has 0 radical (unpaired) electrons. The molecule has 0 saturated heterocycles. The number of carboxylic acids is 2. The molecule has 0 aromatic heterocycles. The minimum Gasteiger partial charge on any atom is -0.550 e. The van der Waals surface area contributed by atoms with E-state index in [-0.39, 0.29) is 44.2 Å². The SMILES string of the molecule is CC(=O)[O-].CCC(=O)[O-].[Ca+2]. The van der Waals surface area contributed by atoms with Crippen LogP contribution in [0.3, 0.4) is 0 Å². The summed E-state index contributed by atoms with van der Waals surface area (Å²) in [5, 5.41) is 18.1. The van der Waals surface area contributed by atoms with E-state index in [2.05, 4.69) is 0 Å². The van der Waals surface area contributed by atoms with Gasteiger partial charge in [-0.05, 0) is 13.3 Å². The summed E-state index contributed by atoms with van der Waals surface area (Å²) in [6.45, 7) is 2.51. The summed E-state index contributed by atoms with van der Waals surface area (Å²) in [7, 11) is 0. The van der Waals surface area contributed by atoms with Crippen molar-refractivity contribution in [1.29, 1.82) is 0 Å². The smallest absolute Gasteiger partial charge is 0.550 e. The molecule has 0 aliphatic carbocycles. The Morgan fingerprint density at radius 1 is 1.30 bits per heavy atom. The summed E-state index contributed by atoms with van der Waals surface area (Å²) in [5.41, 5.74) is 0. The van der Waals surface area contributed by atoms with E-state index in [0.29, 0.717) is 0 Å². The molecular weight excluding hydrogens is 164 g/mol. The fraction of sp³-hybridized carbons (Fsp3) is 0.600. The van der Waals surface area contributed by atoms with Crippen molar-refractivity contribution in [2.75, 3.05) is 0 Å². The van der Waals surface area contributed by atoms with Crippen LogP contribution < -0.4 is 10.2 Å². The molecule has 5 heteroatoms. The third-order valence-electron chi connectivity index (χ3n) is 0.289. The molecule has 0 rings (SSSR count). The Labute approximate surface area is 89.2 Å². The van der Waals surface area contributed by atoms with Crippen LogP contribution in [0.1, 0.15) is 20.3 Å². The third kappa shape index (κ3) is 87.8. The number of carboxylic acid groups (broad SMARTS) is 2. The maximum absolute atomic E-state index is 9.26. The summed E-state index contributed by atoms with van der Waals surface area (Å²) in [6.07, 6.45) is 0.111. The minimum atomic E-state index is -1.08. The van der Waals surface area contributed by atoms with Gasteiger partial charge in [-0.15, -0.1) is 0 Å². The molecule has 54 valence electrons. The van der Waals surface area contributed by atoms with Gasteiger partial charge in [-0.3, -0.25) is 0 Å². The van der Waals surface area contributed by atoms with Crippen LogP contribution in [0.15, 0.2) is 0 Å². The first kappa shape index (κ1) is 16.7. The number of carbonyl (C=O) groups is 2. The Kier molecular flexibility index (Phi) is 19.9. The zero-order chi connectivity index (χ0) is 7.86. The predicted molar refractivity (Wildman–Crippen MR) is 31.7 cm³/mol. The van der Waals surface area contributed by atoms with Crippen molar-refractivity contribution in [2.24, 2.45) is 0 Å². The molecule has 0 fully saturated rings. The van der Waals surface area contributed by atoms with E-state index in [0.717, 1.165) is 6.92 Å². The summed E-state index contributed by atoms with van der Waals surface area (Å²) in [6, 6.07) is 0. The summed E-state index contributed by atoms with van der Waals surface area (Å²) in [4.78, 5) is 18.1. The van der Waals surface area contributed by atoms with E-state index < -0.39 is 11.9 Å². The normalized spacial score (nSPS) is 6.20. The van der Waals surface area contributed by atoms with Gasteiger partial charge in [-0.25, -0.2) is 0 Å². The molecular formula is C5H8CaO4. The quantitative estimate of drug-likeness (QED) is 0.410. The van der Waals surface area contributed by atoms with E-state index in [4.69, 9.17) is 9.90 Å². The Balaban J connectivity index is -0.0000000910. The molecule has 0 N–H and O–H groups in total. The molecule has 0 aliphatic heterocycles. The maximum atomic E-state index is 9.26. The van der Waals surface area contributed by atoms with Gasteiger partial charge in [0, 0.05) is 11.9 Å². The molecule has 0 aliphatic rings. The average molecular weight is 172 g/mol. The summed E-state index contributed by atoms with van der Waals surface area (Å²) < 4.78 is 0. The van der Waals surface area contributed by atoms with Crippen molar-refractivity contribution < 1.29 is 19.8 Å². The van der Waals surface area contributed by atoms with E-state index in [1.807, 2.05) is 0 Å². The third-order valence-corrected chi connectivity index (χ3v) is 0.289. The summed E-state index contributed by atoms with van der Waals surface area (Å²) in [5.74, 6) is -2.08. The molecule has 0 aromatic carbocycles. The van der Waals surface area contributed by atoms with Crippen LogP contribution in [0.2, 0.25) is 0 Å². The monoisotopic (exact) mass is 172 g/mol. The molecule has 4 nitrogen and oxygen atoms in total. The molecule has 0 aromatic rings. The van der Waals surface area contributed by atoms with Gasteiger partial charge in [0.15, 0.2) is 0 Å². The molecule has 0 unspecified atom stereocenters. The van der Waals surface area contributed by atoms with E-state index in [9.17, 15) is 9.90 Å². The van der Waals surface area contributed by atoms with E-state index in [1.165, 1.54) is 6.92 Å². The van der Waals surface area contributed by atoms with Crippen LogP contribution in [0, 0.1) is 0 Å². The van der Waals surface area contributed by atoms with Crippen LogP contribution in [0.4, 0.5) is 0 Å². The van der Waals surface area contributed by atoms with Crippen molar-refractivity contribution in [1.82, 2.24) is 0 Å². The van der Waals surface area contributed by atoms with Gasteiger partial charge >= 0.3 is 37.7 Å². The molecule has 0 atom stereocenters. The van der Waals surface area contributed by atoms with Crippen molar-refractivity contribution in [2.45, 2.75) is 20.3 Å². The van der Waals surface area contributed by atoms with Gasteiger partial charge in [0.25, 0.3) is 0 Å². The first-order valence-corrected chi connectivity index (χ1v) is 2.38. The zero-order valence-electron chi connectivity index (χ0n) is 6.05. The van der Waals surface area contributed by atoms with Gasteiger partial charge in [0.1, 0.15) is 0 Å². The summed E-state index contributed by atoms with van der Waals surface area (Å²) >= 11 is 0. The van der Waals surface area contributed by atoms with Crippen molar-refractivity contribution in [3.05, 3.63) is 0 Å². The number of aliphatic carboxylic acids is 2. The standard InChI is InChI=1S/C3H6O2.C2H4O2.Ca/c1-2-3(4)5;1-2(3)4;/h2H2,1H3,(H,4,5);1H3,(H,3,4);/q;;+2/p-2. The Bertz CT molecular complexity index is 97.8. The second-order valence-electron chi connectivity index (χ2n) is 1.22. The topological polar surface area (TPSA) is 80.3 Å². The number of hydrogen-bond donors (Lipinski definition) is 0. The van der Waals surface area contributed by atoms with Gasteiger partial charge in [0.2, 0.25) is 0 Å². The van der Waals surface area contributed by atoms with E-state index >= 15 is 0 Å². The predicted octanol–water partition coefficient (Wildman–Crippen LogP) is -2.48. The Hall–Kier alpha value is 0.200. The second-order valence-corrected chi connectivity index (χ2v) is 1.22. The molecule has 0 spiro atoms. The molecule has 0 saturated carbocycles. The minimum absolute atomic E-state index is 0. The molecule has 10 heavy (non-hydrogen) atoms. The Morgan fingerprint density at radius 2 is 1.40 bits per heavy atom. The number of rotatable bonds is 1. The largest absolute Gasteiger partial charge is 2.00 e. The Morgan fingerprint density at radius 3 is 1.40 bits per heavy atom. The maximum Gasteiger partial charge on any atom is 2.00 e. The molecule has 0 heterocycles. The fourth-order valence-corrected chi connectivity index (χ4v) is 0. The van der Waals surface area contributed by atoms with Gasteiger partial charge in [0.05, 0.1) is 0 Å². The number of hydrogen-bond acceptors (Lipinski definition) is 4. The van der Waals surface area contributed by atoms with E-state index in [1.54, 1.807) is 0 Å². The van der Waals surface area contributed by atoms with Crippen LogP contribution in [0.5, 0.6) is 0 Å². The van der Waals surface area contributed by atoms with Crippen molar-refractivity contribution in [3.63, 3.8) is 0 Å². The van der Waals surface area contributed by atoms with Crippen LogP contribution in [-0.4, -0.2) is 49.7 Å². The molecule has 0 bridgehead atoms. The van der Waals surface area contributed by atoms with Crippen LogP contribution in [0.25, 0.3) is 0 Å². The van der Waals surface area contributed by atoms with Gasteiger partial charge < -0.3 is 19.8 Å². The molecule has 0 amide bonds. The van der Waals surface area contributed by atoms with Crippen LogP contribution in [-0.2, 0) is 9.59 Å². The van der Waals surface area contributed by atoms with Crippen molar-refractivity contribution >= 4 is 49.7 Å². The number of carbonyl (C=O) groups excluding carboxylic acids is 2. The first-order chi connectivity index (χ1) is 4.00. The van der Waals surface area contributed by atoms with Crippen LogP contribution >= 0.6 is 0 Å². The average Bonchev–Trinajstić information content (AvgIpc) is 1.65. The zero-order valence-corrected chi connectivity index (χ0v) is 8.26. The second kappa shape index (κ2) is 11.9. The first-order valence-electron chi connectivity index (χ1n) is 2.38. The van der Waals surface area contributed by atoms with Gasteiger partial charge in [-0.2, -0.15) is 0 Å². The van der Waals surface area contributed by atoms with Gasteiger partial charge in [-0.1, -0.05) is 6.92 Å². The fourth-order valence-electron chi connectivity index (χ4n) is 0. The van der Waals surface area contributed by atoms with Crippen molar-refractivity contribution in [3.8, 4) is 0 Å².